The maximum absolute atomic E-state index is 11.4. The molecule has 10 heteroatoms. The number of phenols is 2. The smallest absolute Gasteiger partial charge is 0.146 e. The summed E-state index contributed by atoms with van der Waals surface area (Å²) in [6.07, 6.45) is 0. The molecule has 0 atom stereocenters. The van der Waals surface area contributed by atoms with Gasteiger partial charge in [0, 0.05) is 32.4 Å². The zero-order chi connectivity index (χ0) is 38.0. The van der Waals surface area contributed by atoms with Gasteiger partial charge in [0.1, 0.15) is 44.9 Å². The molecule has 4 aromatic carbocycles. The van der Waals surface area contributed by atoms with E-state index in [1.165, 1.54) is 0 Å². The Morgan fingerprint density at radius 1 is 0.462 bits per heavy atom. The number of aromatic hydroxyl groups is 2. The lowest BCUT2D eigenvalue weighted by atomic mass is 9.80. The molecule has 8 nitrogen and oxygen atoms in total. The van der Waals surface area contributed by atoms with E-state index in [4.69, 9.17) is 20.4 Å². The monoisotopic (exact) mass is 736 g/mol. The Morgan fingerprint density at radius 3 is 1.13 bits per heavy atom. The van der Waals surface area contributed by atoms with Gasteiger partial charge in [-0.05, 0) is 81.3 Å². The molecule has 6 rings (SSSR count). The van der Waals surface area contributed by atoms with Gasteiger partial charge < -0.3 is 10.2 Å². The second-order valence-electron chi connectivity index (χ2n) is 17.8. The van der Waals surface area contributed by atoms with E-state index in [9.17, 15) is 10.2 Å². The van der Waals surface area contributed by atoms with Crippen molar-refractivity contribution in [2.45, 2.75) is 115 Å². The fourth-order valence-electron chi connectivity index (χ4n) is 6.06. The SMILES string of the molecule is CC(C)(C)c1cc(-n2nc3ccc(SCCSc4ccc5nn(-c6cc(C(C)(C)C)cc(C(C)(C)C)c6O)nc5c4)cc3n2)c(O)c(C(C)(C)C)c1. The van der Waals surface area contributed by atoms with Crippen LogP contribution in [-0.4, -0.2) is 51.7 Å². The molecule has 0 bridgehead atoms. The Kier molecular flexibility index (Phi) is 9.75. The summed E-state index contributed by atoms with van der Waals surface area (Å²) in [6, 6.07) is 20.5. The van der Waals surface area contributed by atoms with Crippen LogP contribution in [0.3, 0.4) is 0 Å². The standard InChI is InChI=1S/C42H52N6O2S2/c1-39(2,3)25-19-29(41(7,8)9)37(49)35(21-25)47-43-31-15-13-27(23-33(31)45-47)51-17-18-52-28-14-16-32-34(24-28)46-48(44-32)36-22-26(40(4,5)6)20-30(38(36)50)42(10,11)12/h13-16,19-24,49-50H,17-18H2,1-12H3. The van der Waals surface area contributed by atoms with Crippen LogP contribution < -0.4 is 0 Å². The molecule has 52 heavy (non-hydrogen) atoms. The predicted octanol–water partition coefficient (Wildman–Crippen LogP) is 10.6. The first-order valence-electron chi connectivity index (χ1n) is 17.9. The second kappa shape index (κ2) is 13.4. The maximum atomic E-state index is 11.4. The van der Waals surface area contributed by atoms with E-state index in [-0.39, 0.29) is 33.2 Å². The average molecular weight is 737 g/mol. The summed E-state index contributed by atoms with van der Waals surface area (Å²) in [6.45, 7) is 25.7. The number of thioether (sulfide) groups is 2. The molecular weight excluding hydrogens is 685 g/mol. The first kappa shape index (κ1) is 37.7. The summed E-state index contributed by atoms with van der Waals surface area (Å²) in [5.74, 6) is 2.24. The van der Waals surface area contributed by atoms with E-state index >= 15 is 0 Å². The highest BCUT2D eigenvalue weighted by Crippen LogP contribution is 2.41. The van der Waals surface area contributed by atoms with Crippen LogP contribution in [0.1, 0.15) is 105 Å². The van der Waals surface area contributed by atoms with Crippen molar-refractivity contribution in [3.63, 3.8) is 0 Å². The van der Waals surface area contributed by atoms with Gasteiger partial charge in [0.15, 0.2) is 0 Å². The van der Waals surface area contributed by atoms with Crippen molar-refractivity contribution in [3.8, 4) is 22.9 Å². The topological polar surface area (TPSA) is 102 Å². The molecule has 274 valence electrons. The van der Waals surface area contributed by atoms with Crippen LogP contribution >= 0.6 is 23.5 Å². The number of hydrogen-bond donors (Lipinski definition) is 2. The van der Waals surface area contributed by atoms with E-state index in [0.717, 1.165) is 65.6 Å². The van der Waals surface area contributed by atoms with E-state index in [1.54, 1.807) is 33.1 Å². The van der Waals surface area contributed by atoms with Gasteiger partial charge in [-0.25, -0.2) is 0 Å². The van der Waals surface area contributed by atoms with Crippen LogP contribution in [0.5, 0.6) is 11.5 Å². The quantitative estimate of drug-likeness (QED) is 0.123. The molecule has 6 aromatic rings. The molecule has 0 spiro atoms. The Morgan fingerprint density at radius 2 is 0.808 bits per heavy atom. The van der Waals surface area contributed by atoms with E-state index in [1.807, 2.05) is 24.3 Å². The lowest BCUT2D eigenvalue weighted by Gasteiger charge is -2.27. The summed E-state index contributed by atoms with van der Waals surface area (Å²) >= 11 is 3.56. The van der Waals surface area contributed by atoms with Crippen LogP contribution in [0.2, 0.25) is 0 Å². The lowest BCUT2D eigenvalue weighted by molar-refractivity contribution is 0.437. The molecule has 0 aliphatic heterocycles. The lowest BCUT2D eigenvalue weighted by Crippen LogP contribution is -2.18. The second-order valence-corrected chi connectivity index (χ2v) is 20.1. The Labute approximate surface area is 316 Å². The number of fused-ring (bicyclic) bond motifs is 2. The Bertz CT molecular complexity index is 2120. The normalized spacial score (nSPS) is 13.1. The molecule has 0 saturated carbocycles. The van der Waals surface area contributed by atoms with Gasteiger partial charge in [-0.3, -0.25) is 0 Å². The van der Waals surface area contributed by atoms with Crippen molar-refractivity contribution in [1.29, 1.82) is 0 Å². The molecular formula is C42H52N6O2S2. The van der Waals surface area contributed by atoms with Crippen LogP contribution in [0.25, 0.3) is 33.4 Å². The molecule has 0 radical (unpaired) electrons. The molecule has 0 aliphatic carbocycles. The minimum Gasteiger partial charge on any atom is -0.505 e. The Balaban J connectivity index is 1.16. The van der Waals surface area contributed by atoms with E-state index < -0.39 is 0 Å². The van der Waals surface area contributed by atoms with Gasteiger partial charge in [0.25, 0.3) is 0 Å². The van der Waals surface area contributed by atoms with Gasteiger partial charge in [0.2, 0.25) is 0 Å². The number of rotatable bonds is 7. The van der Waals surface area contributed by atoms with E-state index in [0.29, 0.717) is 11.4 Å². The molecule has 0 amide bonds. The number of benzene rings is 4. The fraction of sp³-hybridized carbons (Fsp3) is 0.429. The summed E-state index contributed by atoms with van der Waals surface area (Å²) in [5.41, 5.74) is 7.70. The van der Waals surface area contributed by atoms with Gasteiger partial charge in [-0.2, -0.15) is 0 Å². The van der Waals surface area contributed by atoms with Crippen molar-refractivity contribution in [1.82, 2.24) is 30.0 Å². The van der Waals surface area contributed by atoms with Crippen LogP contribution in [0.4, 0.5) is 0 Å². The molecule has 0 aliphatic rings. The van der Waals surface area contributed by atoms with Crippen LogP contribution in [0.15, 0.2) is 70.5 Å². The molecule has 0 unspecified atom stereocenters. The van der Waals surface area contributed by atoms with Crippen molar-refractivity contribution in [3.05, 3.63) is 82.9 Å². The highest BCUT2D eigenvalue weighted by Gasteiger charge is 2.28. The summed E-state index contributed by atoms with van der Waals surface area (Å²) in [5, 5.41) is 41.8. The van der Waals surface area contributed by atoms with Crippen molar-refractivity contribution in [2.75, 3.05) is 11.5 Å². The van der Waals surface area contributed by atoms with Crippen LogP contribution in [-0.2, 0) is 21.7 Å². The number of hydrogen-bond acceptors (Lipinski definition) is 8. The average Bonchev–Trinajstić information content (AvgIpc) is 3.64. The highest BCUT2D eigenvalue weighted by molar-refractivity contribution is 8.03. The third kappa shape index (κ3) is 7.83. The van der Waals surface area contributed by atoms with Crippen LogP contribution in [0, 0.1) is 0 Å². The molecule has 0 saturated heterocycles. The van der Waals surface area contributed by atoms with Gasteiger partial charge in [-0.1, -0.05) is 95.2 Å². The number of aromatic nitrogens is 6. The zero-order valence-electron chi connectivity index (χ0n) is 32.6. The molecule has 0 fully saturated rings. The summed E-state index contributed by atoms with van der Waals surface area (Å²) < 4.78 is 0. The minimum absolute atomic E-state index is 0.0970. The van der Waals surface area contributed by atoms with E-state index in [2.05, 4.69) is 119 Å². The minimum atomic E-state index is -0.238. The first-order chi connectivity index (χ1) is 24.1. The van der Waals surface area contributed by atoms with Crippen molar-refractivity contribution in [2.24, 2.45) is 0 Å². The fourth-order valence-corrected chi connectivity index (χ4v) is 7.91. The number of nitrogens with zero attached hydrogens (tertiary/aromatic N) is 6. The van der Waals surface area contributed by atoms with Gasteiger partial charge >= 0.3 is 0 Å². The van der Waals surface area contributed by atoms with Crippen molar-refractivity contribution >= 4 is 45.6 Å². The third-order valence-corrected chi connectivity index (χ3v) is 11.5. The largest absolute Gasteiger partial charge is 0.505 e. The maximum Gasteiger partial charge on any atom is 0.146 e. The van der Waals surface area contributed by atoms with Gasteiger partial charge in [0.05, 0.1) is 0 Å². The van der Waals surface area contributed by atoms with Gasteiger partial charge in [-0.15, -0.1) is 53.5 Å². The van der Waals surface area contributed by atoms with Crippen molar-refractivity contribution < 1.29 is 10.2 Å². The summed E-state index contributed by atoms with van der Waals surface area (Å²) in [7, 11) is 0. The third-order valence-electron chi connectivity index (χ3n) is 9.28. The molecule has 2 N–H and O–H groups in total. The molecule has 2 heterocycles. The zero-order valence-corrected chi connectivity index (χ0v) is 34.2. The number of phenolic OH excluding ortho intramolecular Hbond substituents is 2. The highest BCUT2D eigenvalue weighted by atomic mass is 32.2. The first-order valence-corrected chi connectivity index (χ1v) is 19.8. The predicted molar refractivity (Wildman–Crippen MR) is 217 cm³/mol. The summed E-state index contributed by atoms with van der Waals surface area (Å²) in [4.78, 5) is 5.39. The Hall–Kier alpha value is -4.02. The molecule has 2 aromatic heterocycles.